The Bertz CT molecular complexity index is 562. The van der Waals surface area contributed by atoms with Gasteiger partial charge < -0.3 is 4.74 Å². The van der Waals surface area contributed by atoms with E-state index >= 15 is 0 Å². The second-order valence-corrected chi connectivity index (χ2v) is 4.33. The van der Waals surface area contributed by atoms with Crippen LogP contribution in [-0.2, 0) is 9.53 Å². The molecule has 0 saturated heterocycles. The molecule has 5 heteroatoms. The van der Waals surface area contributed by atoms with Crippen LogP contribution < -0.4 is 0 Å². The molecule has 17 heavy (non-hydrogen) atoms. The third-order valence-electron chi connectivity index (χ3n) is 2.26. The number of esters is 1. The van der Waals surface area contributed by atoms with Crippen LogP contribution in [0.1, 0.15) is 23.7 Å². The van der Waals surface area contributed by atoms with Gasteiger partial charge in [0, 0.05) is 5.56 Å². The van der Waals surface area contributed by atoms with Crippen molar-refractivity contribution in [2.24, 2.45) is 0 Å². The molecule has 0 unspecified atom stereocenters. The summed E-state index contributed by atoms with van der Waals surface area (Å²) in [6.07, 6.45) is -0.219. The molecule has 2 rings (SSSR count). The SMILES string of the molecule is CCOC(=O)CC(=O)c1ccc2scnc2c1. The number of fused-ring (bicyclic) bond motifs is 1. The number of carbonyl (C=O) groups excluding carboxylic acids is 2. The van der Waals surface area contributed by atoms with E-state index in [9.17, 15) is 9.59 Å². The van der Waals surface area contributed by atoms with Crippen molar-refractivity contribution in [2.45, 2.75) is 13.3 Å². The van der Waals surface area contributed by atoms with E-state index in [1.165, 1.54) is 11.3 Å². The number of ketones is 1. The Morgan fingerprint density at radius 2 is 2.24 bits per heavy atom. The number of hydrogen-bond donors (Lipinski definition) is 0. The van der Waals surface area contributed by atoms with Gasteiger partial charge >= 0.3 is 5.97 Å². The van der Waals surface area contributed by atoms with E-state index < -0.39 is 5.97 Å². The maximum atomic E-state index is 11.8. The van der Waals surface area contributed by atoms with Crippen molar-refractivity contribution in [3.05, 3.63) is 29.3 Å². The highest BCUT2D eigenvalue weighted by atomic mass is 32.1. The monoisotopic (exact) mass is 249 g/mol. The zero-order valence-electron chi connectivity index (χ0n) is 9.30. The number of Topliss-reactive ketones (excluding diaryl/α,β-unsaturated/α-hetero) is 1. The molecule has 2 aromatic rings. The number of ether oxygens (including phenoxy) is 1. The molecule has 1 aromatic carbocycles. The Labute approximate surface area is 102 Å². The molecule has 1 aromatic heterocycles. The highest BCUT2D eigenvalue weighted by Crippen LogP contribution is 2.19. The molecule has 0 saturated carbocycles. The molecule has 0 aliphatic heterocycles. The van der Waals surface area contributed by atoms with Crippen LogP contribution in [0.25, 0.3) is 10.2 Å². The van der Waals surface area contributed by atoms with E-state index in [4.69, 9.17) is 4.74 Å². The van der Waals surface area contributed by atoms with E-state index in [1.807, 2.05) is 6.07 Å². The van der Waals surface area contributed by atoms with Gasteiger partial charge in [0.05, 0.1) is 22.3 Å². The van der Waals surface area contributed by atoms with E-state index in [2.05, 4.69) is 4.98 Å². The molecule has 0 radical (unpaired) electrons. The van der Waals surface area contributed by atoms with Gasteiger partial charge in [-0.05, 0) is 25.1 Å². The lowest BCUT2D eigenvalue weighted by Gasteiger charge is -2.01. The average molecular weight is 249 g/mol. The van der Waals surface area contributed by atoms with Crippen molar-refractivity contribution in [1.82, 2.24) is 4.98 Å². The molecule has 4 nitrogen and oxygen atoms in total. The summed E-state index contributed by atoms with van der Waals surface area (Å²) in [7, 11) is 0. The number of benzene rings is 1. The zero-order chi connectivity index (χ0) is 12.3. The van der Waals surface area contributed by atoms with Crippen LogP contribution in [0, 0.1) is 0 Å². The van der Waals surface area contributed by atoms with Gasteiger partial charge in [0.1, 0.15) is 6.42 Å². The largest absolute Gasteiger partial charge is 0.466 e. The van der Waals surface area contributed by atoms with Gasteiger partial charge in [0.2, 0.25) is 0 Å². The highest BCUT2D eigenvalue weighted by molar-refractivity contribution is 7.16. The average Bonchev–Trinajstić information content (AvgIpc) is 2.75. The second-order valence-electron chi connectivity index (χ2n) is 3.44. The van der Waals surface area contributed by atoms with E-state index in [-0.39, 0.29) is 18.8 Å². The summed E-state index contributed by atoms with van der Waals surface area (Å²) in [6, 6.07) is 5.25. The lowest BCUT2D eigenvalue weighted by Crippen LogP contribution is -2.11. The highest BCUT2D eigenvalue weighted by Gasteiger charge is 2.13. The van der Waals surface area contributed by atoms with E-state index in [0.717, 1.165) is 10.2 Å². The first kappa shape index (κ1) is 11.7. The molecule has 0 amide bonds. The van der Waals surface area contributed by atoms with Crippen LogP contribution in [-0.4, -0.2) is 23.3 Å². The van der Waals surface area contributed by atoms with Gasteiger partial charge in [0.15, 0.2) is 5.78 Å². The van der Waals surface area contributed by atoms with Gasteiger partial charge in [0.25, 0.3) is 0 Å². The molecule has 0 N–H and O–H groups in total. The molecule has 88 valence electrons. The van der Waals surface area contributed by atoms with Gasteiger partial charge in [-0.15, -0.1) is 11.3 Å². The fourth-order valence-corrected chi connectivity index (χ4v) is 2.14. The zero-order valence-corrected chi connectivity index (χ0v) is 10.1. The Hall–Kier alpha value is -1.75. The first-order valence-corrected chi connectivity index (χ1v) is 6.10. The third kappa shape index (κ3) is 2.68. The predicted octanol–water partition coefficient (Wildman–Crippen LogP) is 2.43. The Balaban J connectivity index is 2.15. The summed E-state index contributed by atoms with van der Waals surface area (Å²) in [5.41, 5.74) is 3.01. The third-order valence-corrected chi connectivity index (χ3v) is 3.07. The summed E-state index contributed by atoms with van der Waals surface area (Å²) in [6.45, 7) is 2.00. The predicted molar refractivity (Wildman–Crippen MR) is 65.2 cm³/mol. The van der Waals surface area contributed by atoms with Crippen LogP contribution >= 0.6 is 11.3 Å². The Morgan fingerprint density at radius 3 is 3.00 bits per heavy atom. The lowest BCUT2D eigenvalue weighted by molar-refractivity contribution is -0.141. The van der Waals surface area contributed by atoms with Crippen molar-refractivity contribution in [2.75, 3.05) is 6.61 Å². The summed E-state index contributed by atoms with van der Waals surface area (Å²) < 4.78 is 5.76. The van der Waals surface area contributed by atoms with Crippen molar-refractivity contribution >= 4 is 33.3 Å². The molecule has 0 bridgehead atoms. The number of hydrogen-bond acceptors (Lipinski definition) is 5. The minimum atomic E-state index is -0.490. The first-order chi connectivity index (χ1) is 8.20. The Kier molecular flexibility index (Phi) is 3.49. The Morgan fingerprint density at radius 1 is 1.41 bits per heavy atom. The second kappa shape index (κ2) is 5.05. The molecule has 0 aliphatic carbocycles. The molecule has 0 aliphatic rings. The van der Waals surface area contributed by atoms with Gasteiger partial charge in [-0.2, -0.15) is 0 Å². The standard InChI is InChI=1S/C12H11NO3S/c1-2-16-12(15)6-10(14)8-3-4-11-9(5-8)13-7-17-11/h3-5,7H,2,6H2,1H3. The smallest absolute Gasteiger partial charge is 0.313 e. The summed E-state index contributed by atoms with van der Waals surface area (Å²) >= 11 is 1.52. The molecule has 0 fully saturated rings. The quantitative estimate of drug-likeness (QED) is 0.474. The van der Waals surface area contributed by atoms with Crippen LogP contribution in [0.2, 0.25) is 0 Å². The normalized spacial score (nSPS) is 10.4. The van der Waals surface area contributed by atoms with Crippen LogP contribution in [0.3, 0.4) is 0 Å². The first-order valence-electron chi connectivity index (χ1n) is 5.22. The number of carbonyl (C=O) groups is 2. The number of rotatable bonds is 4. The van der Waals surface area contributed by atoms with Gasteiger partial charge in [-0.1, -0.05) is 0 Å². The number of nitrogens with zero attached hydrogens (tertiary/aromatic N) is 1. The molecule has 0 spiro atoms. The lowest BCUT2D eigenvalue weighted by atomic mass is 10.1. The van der Waals surface area contributed by atoms with Crippen LogP contribution in [0.15, 0.2) is 23.7 Å². The van der Waals surface area contributed by atoms with Crippen molar-refractivity contribution in [1.29, 1.82) is 0 Å². The number of aromatic nitrogens is 1. The molecular formula is C12H11NO3S. The summed E-state index contributed by atoms with van der Waals surface area (Å²) in [5, 5.41) is 0. The van der Waals surface area contributed by atoms with E-state index in [0.29, 0.717) is 5.56 Å². The van der Waals surface area contributed by atoms with Crippen LogP contribution in [0.5, 0.6) is 0 Å². The minimum Gasteiger partial charge on any atom is -0.466 e. The summed E-state index contributed by atoms with van der Waals surface area (Å²) in [5.74, 6) is -0.728. The molecule has 0 atom stereocenters. The van der Waals surface area contributed by atoms with Crippen molar-refractivity contribution < 1.29 is 14.3 Å². The fraction of sp³-hybridized carbons (Fsp3) is 0.250. The maximum absolute atomic E-state index is 11.8. The maximum Gasteiger partial charge on any atom is 0.313 e. The molecular weight excluding hydrogens is 238 g/mol. The van der Waals surface area contributed by atoms with Crippen LogP contribution in [0.4, 0.5) is 0 Å². The fourth-order valence-electron chi connectivity index (χ4n) is 1.48. The summed E-state index contributed by atoms with van der Waals surface area (Å²) in [4.78, 5) is 27.1. The van der Waals surface area contributed by atoms with Crippen molar-refractivity contribution in [3.63, 3.8) is 0 Å². The van der Waals surface area contributed by atoms with E-state index in [1.54, 1.807) is 24.6 Å². The topological polar surface area (TPSA) is 56.3 Å². The minimum absolute atomic E-state index is 0.219. The number of thiazole rings is 1. The van der Waals surface area contributed by atoms with Gasteiger partial charge in [-0.25, -0.2) is 4.98 Å². The van der Waals surface area contributed by atoms with Crippen molar-refractivity contribution in [3.8, 4) is 0 Å². The molecule has 1 heterocycles. The van der Waals surface area contributed by atoms with Gasteiger partial charge in [-0.3, -0.25) is 9.59 Å².